The standard InChI is InChI=1S/C23H50N3/c1-9-15-17-21(11-3)19-26(20-22(12-4)18-16-10-2)23(24(7)8)25(13-5)14-6/h21-22H,9-20H2,1-8H3/q+1. The van der Waals surface area contributed by atoms with Gasteiger partial charge < -0.3 is 0 Å². The van der Waals surface area contributed by atoms with Gasteiger partial charge in [0.25, 0.3) is 0 Å². The van der Waals surface area contributed by atoms with Crippen LogP contribution in [0.2, 0.25) is 0 Å². The maximum atomic E-state index is 2.74. The van der Waals surface area contributed by atoms with E-state index < -0.39 is 0 Å². The van der Waals surface area contributed by atoms with Crippen molar-refractivity contribution in [2.75, 3.05) is 40.3 Å². The van der Waals surface area contributed by atoms with E-state index in [1.54, 1.807) is 0 Å². The topological polar surface area (TPSA) is 9.49 Å². The molecule has 0 aliphatic carbocycles. The first kappa shape index (κ1) is 25.3. The van der Waals surface area contributed by atoms with Crippen LogP contribution in [-0.4, -0.2) is 60.6 Å². The molecule has 0 aromatic carbocycles. The van der Waals surface area contributed by atoms with Crippen molar-refractivity contribution in [2.24, 2.45) is 11.8 Å². The fourth-order valence-corrected chi connectivity index (χ4v) is 3.97. The Hall–Kier alpha value is -0.730. The Balaban J connectivity index is 5.49. The minimum atomic E-state index is 0.809. The van der Waals surface area contributed by atoms with Gasteiger partial charge in [0, 0.05) is 0 Å². The highest BCUT2D eigenvalue weighted by Crippen LogP contribution is 2.20. The number of hydrogen-bond donors (Lipinski definition) is 0. The summed E-state index contributed by atoms with van der Waals surface area (Å²) in [5, 5.41) is 0. The highest BCUT2D eigenvalue weighted by molar-refractivity contribution is 5.75. The summed E-state index contributed by atoms with van der Waals surface area (Å²) in [4.78, 5) is 5.28. The zero-order valence-electron chi connectivity index (χ0n) is 19.5. The van der Waals surface area contributed by atoms with Crippen molar-refractivity contribution >= 4 is 5.96 Å². The van der Waals surface area contributed by atoms with E-state index in [0.717, 1.165) is 24.9 Å². The maximum absolute atomic E-state index is 2.74. The second-order valence-corrected chi connectivity index (χ2v) is 8.10. The SMILES string of the molecule is CCCCC(CC)CN(CC(CC)CCCC)C(N(CC)CC)=[N+](C)C. The van der Waals surface area contributed by atoms with Gasteiger partial charge in [-0.1, -0.05) is 66.2 Å². The molecule has 0 saturated heterocycles. The molecule has 0 radical (unpaired) electrons. The summed E-state index contributed by atoms with van der Waals surface area (Å²) in [6, 6.07) is 0. The van der Waals surface area contributed by atoms with Crippen LogP contribution in [0.1, 0.15) is 92.9 Å². The highest BCUT2D eigenvalue weighted by atomic mass is 15.4. The second kappa shape index (κ2) is 15.3. The first-order chi connectivity index (χ1) is 12.5. The molecule has 0 aliphatic rings. The smallest absolute Gasteiger partial charge is 0.270 e. The first-order valence-corrected chi connectivity index (χ1v) is 11.5. The predicted octanol–water partition coefficient (Wildman–Crippen LogP) is 5.69. The van der Waals surface area contributed by atoms with E-state index in [2.05, 4.69) is 70.0 Å². The summed E-state index contributed by atoms with van der Waals surface area (Å²) in [6.45, 7) is 18.5. The summed E-state index contributed by atoms with van der Waals surface area (Å²) < 4.78 is 2.35. The molecule has 0 fully saturated rings. The summed E-state index contributed by atoms with van der Waals surface area (Å²) in [7, 11) is 4.45. The summed E-state index contributed by atoms with van der Waals surface area (Å²) in [5.41, 5.74) is 0. The molecule has 0 bridgehead atoms. The molecule has 0 aromatic rings. The van der Waals surface area contributed by atoms with E-state index in [0.29, 0.717) is 0 Å². The zero-order chi connectivity index (χ0) is 19.9. The lowest BCUT2D eigenvalue weighted by molar-refractivity contribution is -0.476. The van der Waals surface area contributed by atoms with Gasteiger partial charge in [0.1, 0.15) is 0 Å². The Morgan fingerprint density at radius 1 is 0.692 bits per heavy atom. The van der Waals surface area contributed by atoms with E-state index in [-0.39, 0.29) is 0 Å². The molecule has 0 rings (SSSR count). The molecule has 0 heterocycles. The van der Waals surface area contributed by atoms with E-state index in [9.17, 15) is 0 Å². The molecule has 0 saturated carbocycles. The average Bonchev–Trinajstić information content (AvgIpc) is 2.64. The van der Waals surface area contributed by atoms with Crippen LogP contribution in [0.3, 0.4) is 0 Å². The Morgan fingerprint density at radius 3 is 1.38 bits per heavy atom. The van der Waals surface area contributed by atoms with Crippen LogP contribution in [0.15, 0.2) is 0 Å². The van der Waals surface area contributed by atoms with Gasteiger partial charge in [-0.2, -0.15) is 0 Å². The molecule has 0 spiro atoms. The van der Waals surface area contributed by atoms with Crippen molar-refractivity contribution in [3.8, 4) is 0 Å². The molecule has 156 valence electrons. The largest absolute Gasteiger partial charge is 0.350 e. The summed E-state index contributed by atoms with van der Waals surface area (Å²) in [6.07, 6.45) is 10.7. The van der Waals surface area contributed by atoms with Crippen LogP contribution >= 0.6 is 0 Å². The monoisotopic (exact) mass is 368 g/mol. The van der Waals surface area contributed by atoms with Crippen molar-refractivity contribution in [2.45, 2.75) is 92.9 Å². The Bertz CT molecular complexity index is 338. The average molecular weight is 369 g/mol. The quantitative estimate of drug-likeness (QED) is 0.221. The van der Waals surface area contributed by atoms with Crippen LogP contribution in [0, 0.1) is 11.8 Å². The summed E-state index contributed by atoms with van der Waals surface area (Å²) >= 11 is 0. The van der Waals surface area contributed by atoms with Gasteiger partial charge in [-0.15, -0.1) is 0 Å². The number of guanidine groups is 1. The lowest BCUT2D eigenvalue weighted by Gasteiger charge is -2.32. The van der Waals surface area contributed by atoms with Crippen LogP contribution < -0.4 is 0 Å². The van der Waals surface area contributed by atoms with Crippen molar-refractivity contribution in [3.05, 3.63) is 0 Å². The first-order valence-electron chi connectivity index (χ1n) is 11.5. The Morgan fingerprint density at radius 2 is 1.12 bits per heavy atom. The number of nitrogens with zero attached hydrogens (tertiary/aromatic N) is 3. The molecule has 3 heteroatoms. The van der Waals surface area contributed by atoms with E-state index in [1.807, 2.05) is 0 Å². The molecule has 0 aromatic heterocycles. The maximum Gasteiger partial charge on any atom is 0.350 e. The van der Waals surface area contributed by atoms with Gasteiger partial charge >= 0.3 is 5.96 Å². The fourth-order valence-electron chi connectivity index (χ4n) is 3.97. The fraction of sp³-hybridized carbons (Fsp3) is 0.957. The predicted molar refractivity (Wildman–Crippen MR) is 118 cm³/mol. The van der Waals surface area contributed by atoms with E-state index in [1.165, 1.54) is 70.4 Å². The molecule has 0 aliphatic heterocycles. The van der Waals surface area contributed by atoms with Gasteiger partial charge in [0.05, 0.1) is 40.3 Å². The lowest BCUT2D eigenvalue weighted by atomic mass is 9.96. The van der Waals surface area contributed by atoms with Gasteiger partial charge in [0.15, 0.2) is 0 Å². The number of rotatable bonds is 14. The van der Waals surface area contributed by atoms with E-state index in [4.69, 9.17) is 0 Å². The highest BCUT2D eigenvalue weighted by Gasteiger charge is 2.29. The molecular weight excluding hydrogens is 318 g/mol. The molecule has 0 amide bonds. The molecule has 3 nitrogen and oxygen atoms in total. The second-order valence-electron chi connectivity index (χ2n) is 8.10. The Kier molecular flexibility index (Phi) is 14.9. The van der Waals surface area contributed by atoms with Crippen molar-refractivity contribution in [1.82, 2.24) is 9.80 Å². The van der Waals surface area contributed by atoms with Crippen LogP contribution in [0.5, 0.6) is 0 Å². The minimum absolute atomic E-state index is 0.809. The third kappa shape index (κ3) is 9.28. The third-order valence-electron chi connectivity index (χ3n) is 5.77. The number of hydrogen-bond acceptors (Lipinski definition) is 0. The van der Waals surface area contributed by atoms with Crippen molar-refractivity contribution < 1.29 is 4.58 Å². The van der Waals surface area contributed by atoms with Crippen LogP contribution in [-0.2, 0) is 0 Å². The molecule has 0 N–H and O–H groups in total. The molecule has 2 unspecified atom stereocenters. The third-order valence-corrected chi connectivity index (χ3v) is 5.77. The van der Waals surface area contributed by atoms with Gasteiger partial charge in [-0.3, -0.25) is 14.4 Å². The lowest BCUT2D eigenvalue weighted by Crippen LogP contribution is -2.51. The molecule has 2 atom stereocenters. The summed E-state index contributed by atoms with van der Waals surface area (Å²) in [5.74, 6) is 3.05. The van der Waals surface area contributed by atoms with E-state index >= 15 is 0 Å². The molecular formula is C23H50N3+. The minimum Gasteiger partial charge on any atom is -0.270 e. The van der Waals surface area contributed by atoms with Crippen molar-refractivity contribution in [1.29, 1.82) is 0 Å². The van der Waals surface area contributed by atoms with Gasteiger partial charge in [-0.05, 0) is 38.5 Å². The van der Waals surface area contributed by atoms with Gasteiger partial charge in [-0.25, -0.2) is 0 Å². The Labute approximate surface area is 165 Å². The van der Waals surface area contributed by atoms with Gasteiger partial charge in [0.2, 0.25) is 0 Å². The van der Waals surface area contributed by atoms with Crippen LogP contribution in [0.25, 0.3) is 0 Å². The normalized spacial score (nSPS) is 13.4. The molecule has 26 heavy (non-hydrogen) atoms. The zero-order valence-corrected chi connectivity index (χ0v) is 19.5. The number of unbranched alkanes of at least 4 members (excludes halogenated alkanes) is 2. The van der Waals surface area contributed by atoms with Crippen LogP contribution in [0.4, 0.5) is 0 Å². The van der Waals surface area contributed by atoms with Crippen molar-refractivity contribution in [3.63, 3.8) is 0 Å².